The Kier molecular flexibility index (Phi) is 4.77. The van der Waals surface area contributed by atoms with Gasteiger partial charge >= 0.3 is 0 Å². The number of ether oxygens (including phenoxy) is 1. The molecule has 3 N–H and O–H groups in total. The van der Waals surface area contributed by atoms with Gasteiger partial charge < -0.3 is 25.0 Å². The highest BCUT2D eigenvalue weighted by Crippen LogP contribution is 2.22. The van der Waals surface area contributed by atoms with E-state index in [2.05, 4.69) is 20.8 Å². The normalized spacial score (nSPS) is 21.5. The lowest BCUT2D eigenvalue weighted by Gasteiger charge is -2.14. The molecule has 8 nitrogen and oxygen atoms in total. The Balaban J connectivity index is 1.67. The molecule has 1 aliphatic rings. The van der Waals surface area contributed by atoms with Crippen LogP contribution in [0.15, 0.2) is 28.8 Å². The first-order chi connectivity index (χ1) is 11.6. The van der Waals surface area contributed by atoms with Crippen molar-refractivity contribution in [1.29, 1.82) is 0 Å². The first kappa shape index (κ1) is 16.4. The van der Waals surface area contributed by atoms with E-state index in [1.807, 2.05) is 24.3 Å². The van der Waals surface area contributed by atoms with Crippen molar-refractivity contribution in [3.05, 3.63) is 30.2 Å². The van der Waals surface area contributed by atoms with Gasteiger partial charge in [-0.05, 0) is 25.5 Å². The molecule has 1 saturated heterocycles. The Labute approximate surface area is 139 Å². The van der Waals surface area contributed by atoms with Gasteiger partial charge in [-0.3, -0.25) is 4.79 Å². The average Bonchev–Trinajstić information content (AvgIpc) is 3.24. The summed E-state index contributed by atoms with van der Waals surface area (Å²) in [6.45, 7) is 2.19. The number of carbonyl (C=O) groups excluding carboxylic acids is 1. The highest BCUT2D eigenvalue weighted by atomic mass is 16.5. The predicted molar refractivity (Wildman–Crippen MR) is 85.3 cm³/mol. The third-order valence-corrected chi connectivity index (χ3v) is 3.92. The molecule has 0 bridgehead atoms. The highest BCUT2D eigenvalue weighted by molar-refractivity contribution is 5.82. The third kappa shape index (κ3) is 3.55. The topological polar surface area (TPSA) is 110 Å². The number of carbonyl (C=O) groups is 1. The van der Waals surface area contributed by atoms with Crippen molar-refractivity contribution in [3.8, 4) is 17.1 Å². The molecule has 1 aliphatic heterocycles. The van der Waals surface area contributed by atoms with Crippen molar-refractivity contribution >= 4 is 5.91 Å². The van der Waals surface area contributed by atoms with Crippen molar-refractivity contribution < 1.29 is 19.2 Å². The van der Waals surface area contributed by atoms with Gasteiger partial charge in [-0.15, -0.1) is 0 Å². The molecule has 0 saturated carbocycles. The van der Waals surface area contributed by atoms with Crippen molar-refractivity contribution in [2.24, 2.45) is 0 Å². The lowest BCUT2D eigenvalue weighted by atomic mass is 10.2. The number of amides is 1. The van der Waals surface area contributed by atoms with E-state index >= 15 is 0 Å². The minimum absolute atomic E-state index is 0.194. The van der Waals surface area contributed by atoms with E-state index in [0.717, 1.165) is 5.56 Å². The summed E-state index contributed by atoms with van der Waals surface area (Å²) in [5.74, 6) is 1.25. The largest absolute Gasteiger partial charge is 0.497 e. The molecule has 24 heavy (non-hydrogen) atoms. The number of benzene rings is 1. The smallest absolute Gasteiger partial charge is 0.249 e. The molecule has 3 atom stereocenters. The number of hydrogen-bond donors (Lipinski definition) is 3. The molecule has 0 aliphatic carbocycles. The van der Waals surface area contributed by atoms with Crippen LogP contribution in [-0.2, 0) is 4.79 Å². The third-order valence-electron chi connectivity index (χ3n) is 3.92. The van der Waals surface area contributed by atoms with Gasteiger partial charge in [0.15, 0.2) is 0 Å². The number of hydrogen-bond acceptors (Lipinski definition) is 7. The number of aliphatic hydroxyl groups excluding tert-OH is 1. The number of rotatable bonds is 5. The Morgan fingerprint density at radius 1 is 1.54 bits per heavy atom. The van der Waals surface area contributed by atoms with Crippen molar-refractivity contribution in [1.82, 2.24) is 20.8 Å². The summed E-state index contributed by atoms with van der Waals surface area (Å²) >= 11 is 0. The van der Waals surface area contributed by atoms with Gasteiger partial charge in [0.25, 0.3) is 0 Å². The fraction of sp³-hybridized carbons (Fsp3) is 0.438. The second-order valence-electron chi connectivity index (χ2n) is 5.77. The van der Waals surface area contributed by atoms with Gasteiger partial charge in [-0.1, -0.05) is 17.3 Å². The molecule has 128 valence electrons. The zero-order valence-electron chi connectivity index (χ0n) is 13.5. The zero-order chi connectivity index (χ0) is 17.1. The molecular formula is C16H20N4O4. The molecule has 0 radical (unpaired) electrons. The lowest BCUT2D eigenvalue weighted by Crippen LogP contribution is -2.41. The van der Waals surface area contributed by atoms with Crippen LogP contribution in [0.25, 0.3) is 11.4 Å². The van der Waals surface area contributed by atoms with Crippen LogP contribution >= 0.6 is 0 Å². The van der Waals surface area contributed by atoms with Crippen LogP contribution in [0.3, 0.4) is 0 Å². The first-order valence-corrected chi connectivity index (χ1v) is 7.76. The highest BCUT2D eigenvalue weighted by Gasteiger charge is 2.29. The maximum absolute atomic E-state index is 12.1. The quantitative estimate of drug-likeness (QED) is 0.737. The summed E-state index contributed by atoms with van der Waals surface area (Å²) in [5, 5.41) is 19.2. The number of methoxy groups -OCH3 is 1. The maximum Gasteiger partial charge on any atom is 0.249 e. The number of β-amino-alcohol motifs (C(OH)–C–C–N with tert-alkyl or cyclic N) is 1. The van der Waals surface area contributed by atoms with E-state index in [4.69, 9.17) is 9.26 Å². The van der Waals surface area contributed by atoms with E-state index < -0.39 is 18.2 Å². The summed E-state index contributed by atoms with van der Waals surface area (Å²) in [6, 6.07) is 6.50. The lowest BCUT2D eigenvalue weighted by molar-refractivity contribution is -0.123. The summed E-state index contributed by atoms with van der Waals surface area (Å²) < 4.78 is 10.4. The number of nitrogens with zero attached hydrogens (tertiary/aromatic N) is 2. The van der Waals surface area contributed by atoms with Gasteiger partial charge in [-0.25, -0.2) is 0 Å². The molecule has 0 spiro atoms. The molecule has 8 heteroatoms. The molecule has 2 aromatic rings. The molecule has 1 amide bonds. The van der Waals surface area contributed by atoms with Crippen LogP contribution in [0.4, 0.5) is 0 Å². The van der Waals surface area contributed by atoms with E-state index in [9.17, 15) is 9.90 Å². The SMILES string of the molecule is COc1cccc(-c2noc(C(C)NC(=O)C3CC(O)CN3)n2)c1. The minimum atomic E-state index is -0.487. The number of aliphatic hydroxyl groups is 1. The van der Waals surface area contributed by atoms with Gasteiger partial charge in [0.1, 0.15) is 11.8 Å². The minimum Gasteiger partial charge on any atom is -0.497 e. The summed E-state index contributed by atoms with van der Waals surface area (Å²) in [5.41, 5.74) is 0.767. The Morgan fingerprint density at radius 2 is 2.38 bits per heavy atom. The van der Waals surface area contributed by atoms with Crippen LogP contribution in [0.5, 0.6) is 5.75 Å². The van der Waals surface area contributed by atoms with Gasteiger partial charge in [0.05, 0.1) is 19.3 Å². The standard InChI is InChI=1S/C16H20N4O4/c1-9(18-15(22)13-7-11(21)8-17-13)16-19-14(20-24-16)10-4-3-5-12(6-10)23-2/h3-6,9,11,13,17,21H,7-8H2,1-2H3,(H,18,22). The zero-order valence-corrected chi connectivity index (χ0v) is 13.5. The summed E-state index contributed by atoms with van der Waals surface area (Å²) in [7, 11) is 1.59. The van der Waals surface area contributed by atoms with Crippen molar-refractivity contribution in [2.75, 3.05) is 13.7 Å². The van der Waals surface area contributed by atoms with E-state index in [0.29, 0.717) is 30.4 Å². The maximum atomic E-state index is 12.1. The monoisotopic (exact) mass is 332 g/mol. The Bertz CT molecular complexity index is 718. The molecule has 2 heterocycles. The van der Waals surface area contributed by atoms with Crippen LogP contribution in [0.1, 0.15) is 25.3 Å². The van der Waals surface area contributed by atoms with Crippen LogP contribution in [-0.4, -0.2) is 47.0 Å². The van der Waals surface area contributed by atoms with Crippen molar-refractivity contribution in [3.63, 3.8) is 0 Å². The number of aromatic nitrogens is 2. The Hall–Kier alpha value is -2.45. The van der Waals surface area contributed by atoms with Gasteiger partial charge in [0.2, 0.25) is 17.6 Å². The van der Waals surface area contributed by atoms with Gasteiger partial charge in [0, 0.05) is 12.1 Å². The molecule has 1 aromatic heterocycles. The molecule has 3 rings (SSSR count). The van der Waals surface area contributed by atoms with E-state index in [1.54, 1.807) is 14.0 Å². The number of nitrogens with one attached hydrogen (secondary N) is 2. The molecular weight excluding hydrogens is 312 g/mol. The summed E-state index contributed by atoms with van der Waals surface area (Å²) in [4.78, 5) is 16.5. The molecule has 1 fully saturated rings. The van der Waals surface area contributed by atoms with E-state index in [-0.39, 0.29) is 5.91 Å². The first-order valence-electron chi connectivity index (χ1n) is 7.76. The second kappa shape index (κ2) is 6.98. The average molecular weight is 332 g/mol. The summed E-state index contributed by atoms with van der Waals surface area (Å²) in [6.07, 6.45) is -0.0867. The van der Waals surface area contributed by atoms with E-state index in [1.165, 1.54) is 0 Å². The molecule has 1 aromatic carbocycles. The predicted octanol–water partition coefficient (Wildman–Crippen LogP) is 0.645. The second-order valence-corrected chi connectivity index (χ2v) is 5.77. The van der Waals surface area contributed by atoms with Crippen LogP contribution in [0.2, 0.25) is 0 Å². The van der Waals surface area contributed by atoms with Crippen LogP contribution in [0, 0.1) is 0 Å². The fourth-order valence-electron chi connectivity index (χ4n) is 2.58. The fourth-order valence-corrected chi connectivity index (χ4v) is 2.58. The van der Waals surface area contributed by atoms with Crippen molar-refractivity contribution in [2.45, 2.75) is 31.5 Å². The molecule has 3 unspecified atom stereocenters. The van der Waals surface area contributed by atoms with Gasteiger partial charge in [-0.2, -0.15) is 4.98 Å². The Morgan fingerprint density at radius 3 is 3.08 bits per heavy atom. The van der Waals surface area contributed by atoms with Crippen LogP contribution < -0.4 is 15.4 Å².